The highest BCUT2D eigenvalue weighted by molar-refractivity contribution is 7.17. The van der Waals surface area contributed by atoms with Crippen molar-refractivity contribution in [1.29, 1.82) is 0 Å². The summed E-state index contributed by atoms with van der Waals surface area (Å²) < 4.78 is 13.0. The van der Waals surface area contributed by atoms with Gasteiger partial charge >= 0.3 is 0 Å². The molecule has 1 heterocycles. The largest absolute Gasteiger partial charge is 0.508 e. The molecule has 0 saturated heterocycles. The molecule has 0 aliphatic rings. The molecule has 90 valence electrons. The number of phenols is 1. The first kappa shape index (κ1) is 11.9. The number of carbonyl (C=O) groups is 1. The van der Waals surface area contributed by atoms with Crippen LogP contribution in [0.5, 0.6) is 5.75 Å². The van der Waals surface area contributed by atoms with Gasteiger partial charge in [-0.05, 0) is 40.9 Å². The zero-order valence-electron chi connectivity index (χ0n) is 9.07. The lowest BCUT2D eigenvalue weighted by atomic mass is 10.1. The Morgan fingerprint density at radius 1 is 1.47 bits per heavy atom. The molecule has 0 atom stereocenters. The van der Waals surface area contributed by atoms with Gasteiger partial charge in [-0.15, -0.1) is 11.3 Å². The van der Waals surface area contributed by atoms with Crippen LogP contribution in [0.1, 0.15) is 5.56 Å². The van der Waals surface area contributed by atoms with E-state index in [4.69, 9.17) is 0 Å². The van der Waals surface area contributed by atoms with Gasteiger partial charge in [-0.1, -0.05) is 0 Å². The summed E-state index contributed by atoms with van der Waals surface area (Å²) in [6.07, 6.45) is 0.634. The van der Waals surface area contributed by atoms with Crippen molar-refractivity contribution in [3.63, 3.8) is 0 Å². The van der Waals surface area contributed by atoms with E-state index in [1.54, 1.807) is 23.5 Å². The van der Waals surface area contributed by atoms with E-state index >= 15 is 0 Å². The van der Waals surface area contributed by atoms with Gasteiger partial charge in [0.1, 0.15) is 5.75 Å². The van der Waals surface area contributed by atoms with E-state index in [9.17, 15) is 14.3 Å². The van der Waals surface area contributed by atoms with Crippen LogP contribution in [0.4, 0.5) is 4.39 Å². The van der Waals surface area contributed by atoms with Crippen molar-refractivity contribution in [1.82, 2.24) is 5.32 Å². The van der Waals surface area contributed by atoms with Crippen molar-refractivity contribution in [3.8, 4) is 5.75 Å². The topological polar surface area (TPSA) is 49.3 Å². The van der Waals surface area contributed by atoms with Crippen LogP contribution in [0.25, 0.3) is 10.1 Å². The summed E-state index contributed by atoms with van der Waals surface area (Å²) in [7, 11) is 0. The summed E-state index contributed by atoms with van der Waals surface area (Å²) in [6.45, 7) is -0.574. The Balaban J connectivity index is 2.08. The van der Waals surface area contributed by atoms with Gasteiger partial charge in [0.25, 0.3) is 5.91 Å². The summed E-state index contributed by atoms with van der Waals surface area (Å²) in [4.78, 5) is 10.7. The average Bonchev–Trinajstić information content (AvgIpc) is 2.72. The molecule has 17 heavy (non-hydrogen) atoms. The second-order valence-corrected chi connectivity index (χ2v) is 4.59. The third-order valence-electron chi connectivity index (χ3n) is 2.48. The van der Waals surface area contributed by atoms with E-state index in [1.165, 1.54) is 0 Å². The molecule has 0 aliphatic carbocycles. The number of carbonyl (C=O) groups excluding carboxylic acids is 1. The zero-order chi connectivity index (χ0) is 12.3. The third-order valence-corrected chi connectivity index (χ3v) is 3.49. The number of alkyl halides is 1. The molecule has 3 nitrogen and oxygen atoms in total. The van der Waals surface area contributed by atoms with Gasteiger partial charge in [0.05, 0.1) is 0 Å². The molecule has 2 N–H and O–H groups in total. The molecule has 1 amide bonds. The van der Waals surface area contributed by atoms with E-state index in [2.05, 4.69) is 5.32 Å². The quantitative estimate of drug-likeness (QED) is 0.878. The average molecular weight is 253 g/mol. The number of fused-ring (bicyclic) bond motifs is 1. The van der Waals surface area contributed by atoms with Crippen molar-refractivity contribution in [3.05, 3.63) is 29.1 Å². The van der Waals surface area contributed by atoms with Crippen LogP contribution in [0.2, 0.25) is 0 Å². The summed E-state index contributed by atoms with van der Waals surface area (Å²) in [5, 5.41) is 14.9. The number of aromatic hydroxyl groups is 1. The smallest absolute Gasteiger partial charge is 0.251 e. The molecule has 0 radical (unpaired) electrons. The summed E-state index contributed by atoms with van der Waals surface area (Å²) in [5.41, 5.74) is 1.06. The van der Waals surface area contributed by atoms with Crippen LogP contribution in [0.15, 0.2) is 23.6 Å². The predicted molar refractivity (Wildman–Crippen MR) is 66.2 cm³/mol. The fraction of sp³-hybridized carbons (Fsp3) is 0.250. The van der Waals surface area contributed by atoms with Gasteiger partial charge in [-0.3, -0.25) is 4.79 Å². The highest BCUT2D eigenvalue weighted by atomic mass is 32.1. The Morgan fingerprint density at radius 2 is 2.29 bits per heavy atom. The minimum Gasteiger partial charge on any atom is -0.508 e. The van der Waals surface area contributed by atoms with E-state index in [0.29, 0.717) is 13.0 Å². The maximum absolute atomic E-state index is 11.9. The number of rotatable bonds is 4. The normalized spacial score (nSPS) is 10.6. The minimum atomic E-state index is -0.981. The zero-order valence-corrected chi connectivity index (χ0v) is 9.89. The van der Waals surface area contributed by atoms with Gasteiger partial charge in [0, 0.05) is 11.2 Å². The Labute approximate surface area is 102 Å². The van der Waals surface area contributed by atoms with E-state index in [1.807, 2.05) is 11.4 Å². The molecular formula is C12H12FNO2S. The molecule has 0 bridgehead atoms. The van der Waals surface area contributed by atoms with Crippen molar-refractivity contribution in [2.45, 2.75) is 6.42 Å². The number of halogens is 1. The molecule has 2 aromatic rings. The van der Waals surface area contributed by atoms with Crippen LogP contribution in [-0.4, -0.2) is 24.2 Å². The highest BCUT2D eigenvalue weighted by Gasteiger charge is 2.05. The van der Waals surface area contributed by atoms with E-state index in [-0.39, 0.29) is 5.75 Å². The Hall–Kier alpha value is -1.62. The summed E-state index contributed by atoms with van der Waals surface area (Å²) in [6, 6.07) is 5.21. The van der Waals surface area contributed by atoms with Crippen LogP contribution < -0.4 is 5.32 Å². The van der Waals surface area contributed by atoms with Crippen LogP contribution >= 0.6 is 11.3 Å². The number of amides is 1. The minimum absolute atomic E-state index is 0.227. The van der Waals surface area contributed by atoms with Gasteiger partial charge < -0.3 is 10.4 Å². The summed E-state index contributed by atoms with van der Waals surface area (Å²) >= 11 is 1.59. The van der Waals surface area contributed by atoms with Crippen LogP contribution in [0.3, 0.4) is 0 Å². The van der Waals surface area contributed by atoms with Gasteiger partial charge in [0.2, 0.25) is 0 Å². The standard InChI is InChI=1S/C12H12FNO2S/c13-6-12(16)14-4-3-8-7-17-11-2-1-9(15)5-10(8)11/h1-2,5,7,15H,3-4,6H2,(H,14,16). The molecule has 1 aromatic heterocycles. The summed E-state index contributed by atoms with van der Waals surface area (Å²) in [5.74, 6) is -0.364. The number of hydrogen-bond acceptors (Lipinski definition) is 3. The maximum atomic E-state index is 11.9. The second-order valence-electron chi connectivity index (χ2n) is 3.67. The van der Waals surface area contributed by atoms with Crippen molar-refractivity contribution in [2.24, 2.45) is 0 Å². The maximum Gasteiger partial charge on any atom is 0.251 e. The first-order valence-electron chi connectivity index (χ1n) is 5.22. The second kappa shape index (κ2) is 5.14. The van der Waals surface area contributed by atoms with E-state index < -0.39 is 12.6 Å². The number of phenolic OH excluding ortho intramolecular Hbond substituents is 1. The molecule has 0 saturated carbocycles. The van der Waals surface area contributed by atoms with Crippen molar-refractivity contribution < 1.29 is 14.3 Å². The fourth-order valence-electron chi connectivity index (χ4n) is 1.65. The monoisotopic (exact) mass is 253 g/mol. The van der Waals surface area contributed by atoms with Crippen molar-refractivity contribution in [2.75, 3.05) is 13.2 Å². The number of nitrogens with one attached hydrogen (secondary N) is 1. The SMILES string of the molecule is O=C(CF)NCCc1csc2ccc(O)cc12. The van der Waals surface area contributed by atoms with Gasteiger partial charge in [-0.2, -0.15) is 0 Å². The molecule has 5 heteroatoms. The lowest BCUT2D eigenvalue weighted by Crippen LogP contribution is -2.26. The van der Waals surface area contributed by atoms with E-state index in [0.717, 1.165) is 15.6 Å². The number of thiophene rings is 1. The molecule has 0 aliphatic heterocycles. The Bertz CT molecular complexity index is 538. The molecule has 0 unspecified atom stereocenters. The van der Waals surface area contributed by atoms with Crippen molar-refractivity contribution >= 4 is 27.3 Å². The highest BCUT2D eigenvalue weighted by Crippen LogP contribution is 2.29. The van der Waals surface area contributed by atoms with Crippen LogP contribution in [-0.2, 0) is 11.2 Å². The molecule has 1 aromatic carbocycles. The predicted octanol–water partition coefficient (Wildman–Crippen LogP) is 2.24. The number of hydrogen-bond donors (Lipinski definition) is 2. The lowest BCUT2D eigenvalue weighted by molar-refractivity contribution is -0.121. The van der Waals surface area contributed by atoms with Crippen LogP contribution in [0, 0.1) is 0 Å². The number of benzene rings is 1. The molecular weight excluding hydrogens is 241 g/mol. The lowest BCUT2D eigenvalue weighted by Gasteiger charge is -2.02. The first-order valence-corrected chi connectivity index (χ1v) is 6.10. The Morgan fingerprint density at radius 3 is 3.06 bits per heavy atom. The third kappa shape index (κ3) is 2.74. The Kier molecular flexibility index (Phi) is 3.58. The molecule has 0 spiro atoms. The molecule has 2 rings (SSSR count). The molecule has 0 fully saturated rings. The first-order chi connectivity index (χ1) is 8.20. The van der Waals surface area contributed by atoms with Gasteiger partial charge in [0.15, 0.2) is 6.67 Å². The fourth-order valence-corrected chi connectivity index (χ4v) is 2.62. The van der Waals surface area contributed by atoms with Gasteiger partial charge in [-0.25, -0.2) is 4.39 Å².